The number of allylic oxidation sites excluding steroid dienone is 2. The van der Waals surface area contributed by atoms with E-state index in [4.69, 9.17) is 0 Å². The molecule has 1 fully saturated rings. The third-order valence-corrected chi connectivity index (χ3v) is 5.06. The summed E-state index contributed by atoms with van der Waals surface area (Å²) in [5.41, 5.74) is 0. The second-order valence-electron chi connectivity index (χ2n) is 6.03. The minimum Gasteiger partial charge on any atom is -0.0882 e. The van der Waals surface area contributed by atoms with Crippen LogP contribution in [0, 0.1) is 23.7 Å². The minimum atomic E-state index is 0.951. The Hall–Kier alpha value is -0.260. The topological polar surface area (TPSA) is 0 Å². The average Bonchev–Trinajstić information content (AvgIpc) is 2.35. The van der Waals surface area contributed by atoms with E-state index < -0.39 is 0 Å². The quantitative estimate of drug-likeness (QED) is 0.572. The molecule has 1 saturated carbocycles. The highest BCUT2D eigenvalue weighted by Crippen LogP contribution is 2.42. The molecule has 0 radical (unpaired) electrons. The summed E-state index contributed by atoms with van der Waals surface area (Å²) in [4.78, 5) is 0. The van der Waals surface area contributed by atoms with Crippen molar-refractivity contribution in [2.45, 2.75) is 65.2 Å². The first-order valence-corrected chi connectivity index (χ1v) is 7.50. The molecule has 2 aliphatic rings. The zero-order valence-corrected chi connectivity index (χ0v) is 11.1. The summed E-state index contributed by atoms with van der Waals surface area (Å²) in [5.74, 6) is 4.04. The highest BCUT2D eigenvalue weighted by atomic mass is 14.4. The van der Waals surface area contributed by atoms with E-state index in [1.54, 1.807) is 0 Å². The molecular weight excluding hydrogens is 192 g/mol. The third-order valence-electron chi connectivity index (χ3n) is 5.06. The van der Waals surface area contributed by atoms with Gasteiger partial charge in [0.2, 0.25) is 0 Å². The lowest BCUT2D eigenvalue weighted by molar-refractivity contribution is 0.170. The molecule has 0 nitrogen and oxygen atoms in total. The lowest BCUT2D eigenvalue weighted by Gasteiger charge is -2.37. The summed E-state index contributed by atoms with van der Waals surface area (Å²) in [6, 6.07) is 0. The van der Waals surface area contributed by atoms with Gasteiger partial charge in [-0.25, -0.2) is 0 Å². The first kappa shape index (κ1) is 12.2. The second-order valence-corrected chi connectivity index (χ2v) is 6.03. The van der Waals surface area contributed by atoms with E-state index in [-0.39, 0.29) is 0 Å². The number of fused-ring (bicyclic) bond motifs is 1. The van der Waals surface area contributed by atoms with Crippen LogP contribution in [-0.4, -0.2) is 0 Å². The summed E-state index contributed by atoms with van der Waals surface area (Å²) in [6.45, 7) is 4.73. The van der Waals surface area contributed by atoms with Gasteiger partial charge >= 0.3 is 0 Å². The van der Waals surface area contributed by atoms with Gasteiger partial charge in [0.1, 0.15) is 0 Å². The molecular formula is C16H28. The van der Waals surface area contributed by atoms with Gasteiger partial charge in [-0.3, -0.25) is 0 Å². The van der Waals surface area contributed by atoms with Crippen LogP contribution < -0.4 is 0 Å². The highest BCUT2D eigenvalue weighted by Gasteiger charge is 2.30. The predicted octanol–water partition coefficient (Wildman–Crippen LogP) is 5.20. The van der Waals surface area contributed by atoms with Crippen LogP contribution in [0.2, 0.25) is 0 Å². The molecule has 0 aromatic carbocycles. The lowest BCUT2D eigenvalue weighted by Crippen LogP contribution is -2.26. The average molecular weight is 220 g/mol. The summed E-state index contributed by atoms with van der Waals surface area (Å²) < 4.78 is 0. The van der Waals surface area contributed by atoms with Gasteiger partial charge in [-0.2, -0.15) is 0 Å². The van der Waals surface area contributed by atoms with Crippen LogP contribution in [0.3, 0.4) is 0 Å². The smallest absolute Gasteiger partial charge is 0.0205 e. The molecule has 0 bridgehead atoms. The van der Waals surface area contributed by atoms with Crippen molar-refractivity contribution in [3.63, 3.8) is 0 Å². The highest BCUT2D eigenvalue weighted by molar-refractivity contribution is 4.99. The van der Waals surface area contributed by atoms with E-state index in [9.17, 15) is 0 Å². The molecule has 16 heavy (non-hydrogen) atoms. The Bertz CT molecular complexity index is 224. The Kier molecular flexibility index (Phi) is 4.49. The van der Waals surface area contributed by atoms with Crippen molar-refractivity contribution < 1.29 is 0 Å². The van der Waals surface area contributed by atoms with Crippen molar-refractivity contribution in [1.82, 2.24) is 0 Å². The second kappa shape index (κ2) is 5.89. The van der Waals surface area contributed by atoms with Crippen LogP contribution in [0.15, 0.2) is 12.2 Å². The fraction of sp³-hybridized carbons (Fsp3) is 0.875. The van der Waals surface area contributed by atoms with Gasteiger partial charge < -0.3 is 0 Å². The molecule has 0 N–H and O–H groups in total. The van der Waals surface area contributed by atoms with Crippen LogP contribution in [-0.2, 0) is 0 Å². The zero-order valence-electron chi connectivity index (χ0n) is 11.1. The molecule has 0 amide bonds. The molecule has 2 rings (SSSR count). The molecule has 3 unspecified atom stereocenters. The molecule has 0 aliphatic heterocycles. The molecule has 2 aliphatic carbocycles. The Morgan fingerprint density at radius 1 is 1.12 bits per heavy atom. The fourth-order valence-corrected chi connectivity index (χ4v) is 3.86. The van der Waals surface area contributed by atoms with Crippen molar-refractivity contribution in [1.29, 1.82) is 0 Å². The maximum absolute atomic E-state index is 2.52. The van der Waals surface area contributed by atoms with E-state index in [0.29, 0.717) is 0 Å². The van der Waals surface area contributed by atoms with Crippen LogP contribution >= 0.6 is 0 Å². The normalized spacial score (nSPS) is 34.1. The van der Waals surface area contributed by atoms with E-state index >= 15 is 0 Å². The van der Waals surface area contributed by atoms with Gasteiger partial charge in [0.05, 0.1) is 0 Å². The summed E-state index contributed by atoms with van der Waals surface area (Å²) in [5, 5.41) is 0. The van der Waals surface area contributed by atoms with Crippen LogP contribution in [0.5, 0.6) is 0 Å². The largest absolute Gasteiger partial charge is 0.0882 e. The molecule has 3 atom stereocenters. The van der Waals surface area contributed by atoms with Crippen molar-refractivity contribution in [2.24, 2.45) is 23.7 Å². The first-order valence-electron chi connectivity index (χ1n) is 7.50. The predicted molar refractivity (Wildman–Crippen MR) is 71.4 cm³/mol. The molecule has 0 spiro atoms. The SMILES string of the molecule is CCC(CC)CC1CCC2C=CCCC2C1. The van der Waals surface area contributed by atoms with Gasteiger partial charge in [-0.15, -0.1) is 0 Å². The van der Waals surface area contributed by atoms with E-state index in [1.807, 2.05) is 0 Å². The van der Waals surface area contributed by atoms with E-state index in [2.05, 4.69) is 26.0 Å². The number of hydrogen-bond donors (Lipinski definition) is 0. The lowest BCUT2D eigenvalue weighted by atomic mass is 9.68. The molecule has 0 heterocycles. The number of hydrogen-bond acceptors (Lipinski definition) is 0. The van der Waals surface area contributed by atoms with Gasteiger partial charge in [-0.05, 0) is 62.2 Å². The minimum absolute atomic E-state index is 0.951. The monoisotopic (exact) mass is 220 g/mol. The van der Waals surface area contributed by atoms with Crippen LogP contribution in [0.25, 0.3) is 0 Å². The van der Waals surface area contributed by atoms with Crippen molar-refractivity contribution >= 4 is 0 Å². The Morgan fingerprint density at radius 3 is 2.69 bits per heavy atom. The zero-order chi connectivity index (χ0) is 11.4. The molecule has 0 heteroatoms. The van der Waals surface area contributed by atoms with Crippen LogP contribution in [0.4, 0.5) is 0 Å². The van der Waals surface area contributed by atoms with Gasteiger partial charge in [0.15, 0.2) is 0 Å². The fourth-order valence-electron chi connectivity index (χ4n) is 3.86. The van der Waals surface area contributed by atoms with Crippen molar-refractivity contribution in [3.8, 4) is 0 Å². The van der Waals surface area contributed by atoms with Gasteiger partial charge in [0, 0.05) is 0 Å². The summed E-state index contributed by atoms with van der Waals surface area (Å²) in [6.07, 6.45) is 16.6. The number of rotatable bonds is 4. The third kappa shape index (κ3) is 2.90. The van der Waals surface area contributed by atoms with Gasteiger partial charge in [0.25, 0.3) is 0 Å². The van der Waals surface area contributed by atoms with E-state index in [1.165, 1.54) is 51.4 Å². The summed E-state index contributed by atoms with van der Waals surface area (Å²) in [7, 11) is 0. The van der Waals surface area contributed by atoms with Crippen molar-refractivity contribution in [3.05, 3.63) is 12.2 Å². The summed E-state index contributed by atoms with van der Waals surface area (Å²) >= 11 is 0. The standard InChI is InChI=1S/C16H28/c1-3-13(4-2)11-14-9-10-15-7-5-6-8-16(15)12-14/h5,7,13-16H,3-4,6,8-12H2,1-2H3. The molecule has 92 valence electrons. The molecule has 0 aromatic rings. The van der Waals surface area contributed by atoms with Gasteiger partial charge in [-0.1, -0.05) is 38.8 Å². The maximum Gasteiger partial charge on any atom is -0.0205 e. The Morgan fingerprint density at radius 2 is 1.94 bits per heavy atom. The van der Waals surface area contributed by atoms with E-state index in [0.717, 1.165) is 23.7 Å². The van der Waals surface area contributed by atoms with Crippen molar-refractivity contribution in [2.75, 3.05) is 0 Å². The first-order chi connectivity index (χ1) is 7.83. The van der Waals surface area contributed by atoms with Crippen LogP contribution in [0.1, 0.15) is 65.2 Å². The molecule has 0 aromatic heterocycles. The maximum atomic E-state index is 2.52. The molecule has 0 saturated heterocycles. The Labute approximate surface area is 102 Å². The Balaban J connectivity index is 1.83.